The fourth-order valence-electron chi connectivity index (χ4n) is 2.26. The normalized spacial score (nSPS) is 12.8. The van der Waals surface area contributed by atoms with E-state index in [9.17, 15) is 0 Å². The van der Waals surface area contributed by atoms with Crippen molar-refractivity contribution in [2.45, 2.75) is 18.2 Å². The van der Waals surface area contributed by atoms with Gasteiger partial charge in [-0.3, -0.25) is 0 Å². The summed E-state index contributed by atoms with van der Waals surface area (Å²) in [5.41, 5.74) is 3.56. The second-order valence-corrected chi connectivity index (χ2v) is 7.40. The molecule has 1 nitrogen and oxygen atoms in total. The highest BCUT2D eigenvalue weighted by molar-refractivity contribution is 9.09. The van der Waals surface area contributed by atoms with Gasteiger partial charge in [0.15, 0.2) is 0 Å². The molecule has 0 aliphatic carbocycles. The second kappa shape index (κ2) is 5.84. The number of thiazole rings is 1. The summed E-state index contributed by atoms with van der Waals surface area (Å²) in [5, 5.41) is 1.94. The molecule has 1 atom stereocenters. The predicted molar refractivity (Wildman–Crippen MR) is 91.2 cm³/mol. The summed E-state index contributed by atoms with van der Waals surface area (Å²) < 4.78 is 1.25. The second-order valence-electron chi connectivity index (χ2n) is 4.75. The van der Waals surface area contributed by atoms with Gasteiger partial charge in [0.25, 0.3) is 0 Å². The highest BCUT2D eigenvalue weighted by Gasteiger charge is 2.14. The number of hydrogen-bond donors (Lipinski definition) is 0. The minimum absolute atomic E-state index is 0.264. The van der Waals surface area contributed by atoms with Crippen LogP contribution in [0.25, 0.3) is 10.2 Å². The van der Waals surface area contributed by atoms with E-state index in [1.165, 1.54) is 15.8 Å². The van der Waals surface area contributed by atoms with Crippen molar-refractivity contribution in [2.24, 2.45) is 0 Å². The van der Waals surface area contributed by atoms with Gasteiger partial charge < -0.3 is 0 Å². The van der Waals surface area contributed by atoms with Crippen molar-refractivity contribution < 1.29 is 0 Å². The van der Waals surface area contributed by atoms with Gasteiger partial charge in [-0.1, -0.05) is 45.7 Å². The molecular formula is C16H13BrClNS. The molecule has 0 saturated heterocycles. The molecule has 4 heteroatoms. The number of benzene rings is 2. The van der Waals surface area contributed by atoms with Crippen LogP contribution in [-0.2, 0) is 6.42 Å². The van der Waals surface area contributed by atoms with E-state index in [4.69, 9.17) is 11.6 Å². The molecule has 0 N–H and O–H groups in total. The molecule has 1 aromatic heterocycles. The SMILES string of the molecule is Cc1cc(Cl)ccc1C(Br)Cc1nc2ccccc2s1. The number of fused-ring (bicyclic) bond motifs is 1. The number of nitrogens with zero attached hydrogens (tertiary/aromatic N) is 1. The zero-order chi connectivity index (χ0) is 14.1. The maximum absolute atomic E-state index is 6.01. The van der Waals surface area contributed by atoms with Crippen LogP contribution in [-0.4, -0.2) is 4.98 Å². The topological polar surface area (TPSA) is 12.9 Å². The summed E-state index contributed by atoms with van der Waals surface area (Å²) in [5.74, 6) is 0. The lowest BCUT2D eigenvalue weighted by Gasteiger charge is -2.11. The minimum atomic E-state index is 0.264. The third kappa shape index (κ3) is 2.90. The Bertz CT molecular complexity index is 720. The van der Waals surface area contributed by atoms with Crippen molar-refractivity contribution in [1.29, 1.82) is 0 Å². The van der Waals surface area contributed by atoms with Gasteiger partial charge in [-0.25, -0.2) is 4.98 Å². The maximum atomic E-state index is 6.01. The minimum Gasteiger partial charge on any atom is -0.241 e. The molecule has 0 fully saturated rings. The monoisotopic (exact) mass is 365 g/mol. The van der Waals surface area contributed by atoms with Gasteiger partial charge in [0, 0.05) is 16.3 Å². The Morgan fingerprint density at radius 2 is 2.05 bits per heavy atom. The molecule has 0 aliphatic heterocycles. The molecule has 0 radical (unpaired) electrons. The number of aromatic nitrogens is 1. The largest absolute Gasteiger partial charge is 0.241 e. The fraction of sp³-hybridized carbons (Fsp3) is 0.188. The van der Waals surface area contributed by atoms with Crippen LogP contribution in [0, 0.1) is 6.92 Å². The Morgan fingerprint density at radius 1 is 1.25 bits per heavy atom. The van der Waals surface area contributed by atoms with Crippen molar-refractivity contribution in [2.75, 3.05) is 0 Å². The van der Waals surface area contributed by atoms with Crippen molar-refractivity contribution >= 4 is 49.1 Å². The Kier molecular flexibility index (Phi) is 4.11. The van der Waals surface area contributed by atoms with Crippen LogP contribution in [0.15, 0.2) is 42.5 Å². The molecule has 0 aliphatic rings. The molecular weight excluding hydrogens is 354 g/mol. The van der Waals surface area contributed by atoms with Crippen LogP contribution in [0.2, 0.25) is 5.02 Å². The van der Waals surface area contributed by atoms with Crippen LogP contribution in [0.5, 0.6) is 0 Å². The summed E-state index contributed by atoms with van der Waals surface area (Å²) in [7, 11) is 0. The summed E-state index contributed by atoms with van der Waals surface area (Å²) in [6, 6.07) is 14.3. The predicted octanol–water partition coefficient (Wildman–Crippen LogP) is 5.94. The molecule has 1 heterocycles. The number of alkyl halides is 1. The third-order valence-corrected chi connectivity index (χ3v) is 5.37. The smallest absolute Gasteiger partial charge is 0.0953 e. The van der Waals surface area contributed by atoms with Crippen LogP contribution in [0.4, 0.5) is 0 Å². The molecule has 3 aromatic rings. The van der Waals surface area contributed by atoms with Gasteiger partial charge in [-0.15, -0.1) is 11.3 Å². The lowest BCUT2D eigenvalue weighted by atomic mass is 10.0. The van der Waals surface area contributed by atoms with E-state index in [2.05, 4.69) is 52.1 Å². The summed E-state index contributed by atoms with van der Waals surface area (Å²) >= 11 is 11.6. The maximum Gasteiger partial charge on any atom is 0.0953 e. The Labute approximate surface area is 135 Å². The van der Waals surface area contributed by atoms with E-state index in [1.54, 1.807) is 11.3 Å². The van der Waals surface area contributed by atoms with Crippen molar-refractivity contribution in [3.8, 4) is 0 Å². The van der Waals surface area contributed by atoms with Crippen LogP contribution in [0.3, 0.4) is 0 Å². The van der Waals surface area contributed by atoms with E-state index in [0.717, 1.165) is 22.0 Å². The highest BCUT2D eigenvalue weighted by atomic mass is 79.9. The highest BCUT2D eigenvalue weighted by Crippen LogP contribution is 2.33. The van der Waals surface area contributed by atoms with Gasteiger partial charge in [0.1, 0.15) is 0 Å². The van der Waals surface area contributed by atoms with Crippen molar-refractivity contribution in [3.63, 3.8) is 0 Å². The van der Waals surface area contributed by atoms with Crippen molar-refractivity contribution in [3.05, 3.63) is 63.6 Å². The average Bonchev–Trinajstić information content (AvgIpc) is 2.80. The van der Waals surface area contributed by atoms with E-state index < -0.39 is 0 Å². The Morgan fingerprint density at radius 3 is 2.80 bits per heavy atom. The summed E-state index contributed by atoms with van der Waals surface area (Å²) in [4.78, 5) is 4.95. The quantitative estimate of drug-likeness (QED) is 0.523. The number of rotatable bonds is 3. The Balaban J connectivity index is 1.86. The van der Waals surface area contributed by atoms with E-state index in [0.29, 0.717) is 0 Å². The van der Waals surface area contributed by atoms with Crippen molar-refractivity contribution in [1.82, 2.24) is 4.98 Å². The first-order valence-corrected chi connectivity index (χ1v) is 8.49. The molecule has 2 aromatic carbocycles. The zero-order valence-corrected chi connectivity index (χ0v) is 14.1. The average molecular weight is 367 g/mol. The first-order chi connectivity index (χ1) is 9.63. The van der Waals surface area contributed by atoms with Gasteiger partial charge in [-0.2, -0.15) is 0 Å². The van der Waals surface area contributed by atoms with Crippen LogP contribution in [0.1, 0.15) is 21.0 Å². The molecule has 0 saturated carbocycles. The van der Waals surface area contributed by atoms with Gasteiger partial charge >= 0.3 is 0 Å². The first-order valence-electron chi connectivity index (χ1n) is 6.38. The summed E-state index contributed by atoms with van der Waals surface area (Å²) in [6.07, 6.45) is 0.891. The number of aryl methyl sites for hydroxylation is 1. The zero-order valence-electron chi connectivity index (χ0n) is 10.9. The van der Waals surface area contributed by atoms with Crippen LogP contribution >= 0.6 is 38.9 Å². The van der Waals surface area contributed by atoms with E-state index in [-0.39, 0.29) is 4.83 Å². The summed E-state index contributed by atoms with van der Waals surface area (Å²) in [6.45, 7) is 2.09. The number of halogens is 2. The van der Waals surface area contributed by atoms with Gasteiger partial charge in [0.05, 0.1) is 15.2 Å². The Hall–Kier alpha value is -0.900. The fourth-order valence-corrected chi connectivity index (χ4v) is 4.54. The first kappa shape index (κ1) is 14.1. The lowest BCUT2D eigenvalue weighted by molar-refractivity contribution is 0.929. The van der Waals surface area contributed by atoms with Gasteiger partial charge in [-0.05, 0) is 42.3 Å². The van der Waals surface area contributed by atoms with Crippen LogP contribution < -0.4 is 0 Å². The standard InChI is InChI=1S/C16H13BrClNS/c1-10-8-11(18)6-7-12(10)13(17)9-16-19-14-4-2-3-5-15(14)20-16/h2-8,13H,9H2,1H3. The van der Waals surface area contributed by atoms with E-state index >= 15 is 0 Å². The molecule has 0 bridgehead atoms. The molecule has 0 spiro atoms. The molecule has 102 valence electrons. The molecule has 1 unspecified atom stereocenters. The molecule has 20 heavy (non-hydrogen) atoms. The third-order valence-electron chi connectivity index (χ3n) is 3.26. The lowest BCUT2D eigenvalue weighted by Crippen LogP contribution is -1.97. The number of hydrogen-bond acceptors (Lipinski definition) is 2. The molecule has 0 amide bonds. The number of para-hydroxylation sites is 1. The van der Waals surface area contributed by atoms with E-state index in [1.807, 2.05) is 18.2 Å². The molecule has 3 rings (SSSR count). The van der Waals surface area contributed by atoms with Gasteiger partial charge in [0.2, 0.25) is 0 Å².